The number of hydrogen-bond donors (Lipinski definition) is 2. The summed E-state index contributed by atoms with van der Waals surface area (Å²) in [6, 6.07) is 14.9. The van der Waals surface area contributed by atoms with Gasteiger partial charge in [0.2, 0.25) is 10.0 Å². The molecule has 2 N–H and O–H groups in total. The Kier molecular flexibility index (Phi) is 7.05. The van der Waals surface area contributed by atoms with E-state index in [1.165, 1.54) is 38.4 Å². The molecule has 0 aliphatic rings. The van der Waals surface area contributed by atoms with Crippen LogP contribution in [0.4, 0.5) is 0 Å². The quantitative estimate of drug-likeness (QED) is 0.651. The van der Waals surface area contributed by atoms with Crippen molar-refractivity contribution in [3.63, 3.8) is 0 Å². The number of hydroxylamine groups is 1. The van der Waals surface area contributed by atoms with E-state index in [9.17, 15) is 18.0 Å². The summed E-state index contributed by atoms with van der Waals surface area (Å²) < 4.78 is 25.3. The van der Waals surface area contributed by atoms with Gasteiger partial charge in [0, 0.05) is 19.7 Å². The van der Waals surface area contributed by atoms with Crippen LogP contribution in [0.15, 0.2) is 59.5 Å². The van der Waals surface area contributed by atoms with Crippen LogP contribution >= 0.6 is 0 Å². The van der Waals surface area contributed by atoms with E-state index in [1.807, 2.05) is 30.3 Å². The van der Waals surface area contributed by atoms with E-state index in [2.05, 4.69) is 10.8 Å². The third-order valence-electron chi connectivity index (χ3n) is 3.55. The smallest absolute Gasteiger partial charge is 0.262 e. The molecule has 0 atom stereocenters. The Morgan fingerprint density at radius 1 is 1.04 bits per heavy atom. The molecular weight excluding hydrogens is 370 g/mol. The summed E-state index contributed by atoms with van der Waals surface area (Å²) in [5.74, 6) is -1.10. The monoisotopic (exact) mass is 391 g/mol. The first-order valence-electron chi connectivity index (χ1n) is 8.06. The van der Waals surface area contributed by atoms with Gasteiger partial charge in [0.25, 0.3) is 11.8 Å². The molecule has 0 radical (unpaired) electrons. The lowest BCUT2D eigenvalue weighted by atomic mass is 10.2. The van der Waals surface area contributed by atoms with Gasteiger partial charge in [-0.2, -0.15) is 0 Å². The summed E-state index contributed by atoms with van der Waals surface area (Å²) in [6.07, 6.45) is 0. The SMILES string of the molecule is CN(C)S(=O)(=O)c1cccc(C(=O)NCC(=O)NOCc2ccccc2)c1. The zero-order valence-corrected chi connectivity index (χ0v) is 15.8. The molecule has 0 aromatic heterocycles. The summed E-state index contributed by atoms with van der Waals surface area (Å²) in [6.45, 7) is -0.108. The van der Waals surface area contributed by atoms with Gasteiger partial charge in [-0.15, -0.1) is 0 Å². The summed E-state index contributed by atoms with van der Waals surface area (Å²) in [4.78, 5) is 29.0. The highest BCUT2D eigenvalue weighted by Crippen LogP contribution is 2.14. The maximum absolute atomic E-state index is 12.2. The van der Waals surface area contributed by atoms with Crippen molar-refractivity contribution >= 4 is 21.8 Å². The average molecular weight is 391 g/mol. The topological polar surface area (TPSA) is 105 Å². The number of rotatable bonds is 8. The van der Waals surface area contributed by atoms with Crippen LogP contribution in [0.5, 0.6) is 0 Å². The van der Waals surface area contributed by atoms with E-state index in [4.69, 9.17) is 4.84 Å². The molecule has 9 heteroatoms. The van der Waals surface area contributed by atoms with E-state index < -0.39 is 21.8 Å². The average Bonchev–Trinajstić information content (AvgIpc) is 2.67. The van der Waals surface area contributed by atoms with Crippen molar-refractivity contribution in [2.45, 2.75) is 11.5 Å². The molecule has 0 spiro atoms. The molecule has 2 amide bonds. The van der Waals surface area contributed by atoms with Gasteiger partial charge in [0.1, 0.15) is 0 Å². The Hall–Kier alpha value is -2.75. The van der Waals surface area contributed by atoms with Gasteiger partial charge in [-0.1, -0.05) is 36.4 Å². The van der Waals surface area contributed by atoms with E-state index in [0.717, 1.165) is 9.87 Å². The molecule has 8 nitrogen and oxygen atoms in total. The van der Waals surface area contributed by atoms with Crippen molar-refractivity contribution in [2.75, 3.05) is 20.6 Å². The van der Waals surface area contributed by atoms with Crippen LogP contribution in [0, 0.1) is 0 Å². The number of benzene rings is 2. The minimum atomic E-state index is -3.65. The highest BCUT2D eigenvalue weighted by molar-refractivity contribution is 7.89. The Labute approximate surface area is 158 Å². The van der Waals surface area contributed by atoms with Crippen LogP contribution in [0.25, 0.3) is 0 Å². The highest BCUT2D eigenvalue weighted by atomic mass is 32.2. The van der Waals surface area contributed by atoms with Crippen LogP contribution in [0.1, 0.15) is 15.9 Å². The Balaban J connectivity index is 1.85. The molecule has 0 heterocycles. The second-order valence-corrected chi connectivity index (χ2v) is 7.95. The van der Waals surface area contributed by atoms with Gasteiger partial charge >= 0.3 is 0 Å². The predicted octanol–water partition coefficient (Wildman–Crippen LogP) is 0.915. The van der Waals surface area contributed by atoms with Crippen LogP contribution < -0.4 is 10.8 Å². The largest absolute Gasteiger partial charge is 0.343 e. The van der Waals surface area contributed by atoms with Gasteiger partial charge in [0.15, 0.2) is 0 Å². The Bertz CT molecular complexity index is 898. The highest BCUT2D eigenvalue weighted by Gasteiger charge is 2.18. The number of hydrogen-bond acceptors (Lipinski definition) is 5. The van der Waals surface area contributed by atoms with Crippen molar-refractivity contribution in [3.8, 4) is 0 Å². The number of amides is 2. The van der Waals surface area contributed by atoms with Crippen molar-refractivity contribution < 1.29 is 22.8 Å². The lowest BCUT2D eigenvalue weighted by Gasteiger charge is -2.12. The van der Waals surface area contributed by atoms with Gasteiger partial charge in [-0.25, -0.2) is 18.2 Å². The zero-order chi connectivity index (χ0) is 19.9. The lowest BCUT2D eigenvalue weighted by molar-refractivity contribution is -0.133. The molecule has 2 aromatic rings. The van der Waals surface area contributed by atoms with Gasteiger partial charge < -0.3 is 5.32 Å². The molecule has 0 saturated carbocycles. The number of sulfonamides is 1. The molecule has 0 aliphatic heterocycles. The molecule has 27 heavy (non-hydrogen) atoms. The van der Waals surface area contributed by atoms with Crippen molar-refractivity contribution in [2.24, 2.45) is 0 Å². The summed E-state index contributed by atoms with van der Waals surface area (Å²) in [7, 11) is -0.839. The Morgan fingerprint density at radius 3 is 2.41 bits per heavy atom. The summed E-state index contributed by atoms with van der Waals surface area (Å²) >= 11 is 0. The minimum Gasteiger partial charge on any atom is -0.343 e. The fourth-order valence-corrected chi connectivity index (χ4v) is 3.03. The van der Waals surface area contributed by atoms with Crippen LogP contribution in [0.3, 0.4) is 0 Å². The molecule has 0 unspecified atom stereocenters. The summed E-state index contributed by atoms with van der Waals surface area (Å²) in [5, 5.41) is 2.42. The first-order chi connectivity index (χ1) is 12.8. The minimum absolute atomic E-state index is 0.00389. The molecule has 0 aliphatic carbocycles. The van der Waals surface area contributed by atoms with Crippen molar-refractivity contribution in [3.05, 3.63) is 65.7 Å². The predicted molar refractivity (Wildman–Crippen MR) is 99.0 cm³/mol. The second kappa shape index (κ2) is 9.26. The standard InChI is InChI=1S/C18H21N3O5S/c1-21(2)27(24,25)16-10-6-9-15(11-16)18(23)19-12-17(22)20-26-13-14-7-4-3-5-8-14/h3-11H,12-13H2,1-2H3,(H,19,23)(H,20,22). The van der Waals surface area contributed by atoms with E-state index >= 15 is 0 Å². The maximum atomic E-state index is 12.2. The fraction of sp³-hybridized carbons (Fsp3) is 0.222. The van der Waals surface area contributed by atoms with Crippen LogP contribution in [-0.2, 0) is 26.3 Å². The van der Waals surface area contributed by atoms with E-state index in [0.29, 0.717) is 0 Å². The number of nitrogens with one attached hydrogen (secondary N) is 2. The number of nitrogens with zero attached hydrogens (tertiary/aromatic N) is 1. The van der Waals surface area contributed by atoms with Gasteiger partial charge in [-0.05, 0) is 23.8 Å². The first kappa shape index (κ1) is 20.6. The molecule has 0 saturated heterocycles. The first-order valence-corrected chi connectivity index (χ1v) is 9.50. The second-order valence-electron chi connectivity index (χ2n) is 5.80. The molecular formula is C18H21N3O5S. The summed E-state index contributed by atoms with van der Waals surface area (Å²) in [5.41, 5.74) is 3.26. The van der Waals surface area contributed by atoms with Gasteiger partial charge in [0.05, 0.1) is 18.0 Å². The van der Waals surface area contributed by atoms with Crippen LogP contribution in [-0.4, -0.2) is 45.2 Å². The molecule has 144 valence electrons. The van der Waals surface area contributed by atoms with Crippen LogP contribution in [0.2, 0.25) is 0 Å². The Morgan fingerprint density at radius 2 is 1.74 bits per heavy atom. The molecule has 2 rings (SSSR count). The zero-order valence-electron chi connectivity index (χ0n) is 15.0. The lowest BCUT2D eigenvalue weighted by Crippen LogP contribution is -2.37. The third-order valence-corrected chi connectivity index (χ3v) is 5.36. The van der Waals surface area contributed by atoms with E-state index in [-0.39, 0.29) is 23.6 Å². The molecule has 0 bridgehead atoms. The number of carbonyl (C=O) groups excluding carboxylic acids is 2. The number of carbonyl (C=O) groups is 2. The third kappa shape index (κ3) is 5.88. The van der Waals surface area contributed by atoms with Gasteiger partial charge in [-0.3, -0.25) is 14.4 Å². The van der Waals surface area contributed by atoms with Crippen molar-refractivity contribution in [1.29, 1.82) is 0 Å². The fourth-order valence-electron chi connectivity index (χ4n) is 2.08. The maximum Gasteiger partial charge on any atom is 0.262 e. The normalized spacial score (nSPS) is 11.2. The molecule has 2 aromatic carbocycles. The molecule has 0 fully saturated rings. The van der Waals surface area contributed by atoms with Crippen molar-refractivity contribution in [1.82, 2.24) is 15.1 Å². The van der Waals surface area contributed by atoms with E-state index in [1.54, 1.807) is 0 Å².